The summed E-state index contributed by atoms with van der Waals surface area (Å²) in [6.07, 6.45) is 0. The second kappa shape index (κ2) is 7.56. The van der Waals surface area contributed by atoms with E-state index in [1.807, 2.05) is 0 Å². The number of carbonyl (C=O) groups excluding carboxylic acids is 1. The SMILES string of the molecule is CCN(CC)S(=O)(=O)c1ccc2[nH]c(=O)cc(C(=O)Nc3cc(C)on3)c2c1. The number of nitrogens with one attached hydrogen (secondary N) is 2. The minimum atomic E-state index is -3.72. The Morgan fingerprint density at radius 2 is 1.93 bits per heavy atom. The number of aromatic amines is 1. The van der Waals surface area contributed by atoms with Crippen LogP contribution in [0.15, 0.2) is 44.5 Å². The Balaban J connectivity index is 2.12. The highest BCUT2D eigenvalue weighted by Crippen LogP contribution is 2.23. The minimum Gasteiger partial charge on any atom is -0.360 e. The van der Waals surface area contributed by atoms with Gasteiger partial charge in [-0.3, -0.25) is 9.59 Å². The monoisotopic (exact) mass is 404 g/mol. The van der Waals surface area contributed by atoms with Gasteiger partial charge in [0.2, 0.25) is 15.6 Å². The highest BCUT2D eigenvalue weighted by Gasteiger charge is 2.23. The molecule has 3 rings (SSSR count). The summed E-state index contributed by atoms with van der Waals surface area (Å²) in [7, 11) is -3.72. The number of nitrogens with zero attached hydrogens (tertiary/aromatic N) is 2. The fraction of sp³-hybridized carbons (Fsp3) is 0.278. The lowest BCUT2D eigenvalue weighted by molar-refractivity contribution is 0.102. The van der Waals surface area contributed by atoms with Crippen LogP contribution in [-0.2, 0) is 10.0 Å². The number of benzene rings is 1. The number of amides is 1. The summed E-state index contributed by atoms with van der Waals surface area (Å²) in [5.74, 6) is 0.114. The van der Waals surface area contributed by atoms with Crippen LogP contribution in [0.3, 0.4) is 0 Å². The Morgan fingerprint density at radius 1 is 1.21 bits per heavy atom. The minimum absolute atomic E-state index is 0.0380. The Hall–Kier alpha value is -2.98. The molecule has 0 spiro atoms. The quantitative estimate of drug-likeness (QED) is 0.648. The number of aryl methyl sites for hydroxylation is 1. The molecule has 2 heterocycles. The molecule has 0 aliphatic carbocycles. The molecular weight excluding hydrogens is 384 g/mol. The van der Waals surface area contributed by atoms with Gasteiger partial charge in [0.25, 0.3) is 5.91 Å². The number of fused-ring (bicyclic) bond motifs is 1. The van der Waals surface area contributed by atoms with Crippen LogP contribution in [0.5, 0.6) is 0 Å². The van der Waals surface area contributed by atoms with Crippen molar-refractivity contribution in [1.82, 2.24) is 14.4 Å². The first-order valence-corrected chi connectivity index (χ1v) is 10.1. The molecule has 2 N–H and O–H groups in total. The van der Waals surface area contributed by atoms with E-state index >= 15 is 0 Å². The van der Waals surface area contributed by atoms with E-state index < -0.39 is 21.5 Å². The molecular formula is C18H20N4O5S. The number of rotatable bonds is 6. The summed E-state index contributed by atoms with van der Waals surface area (Å²) < 4.78 is 31.8. The average Bonchev–Trinajstić information content (AvgIpc) is 3.06. The number of pyridine rings is 1. The van der Waals surface area contributed by atoms with E-state index in [9.17, 15) is 18.0 Å². The summed E-state index contributed by atoms with van der Waals surface area (Å²) in [6.45, 7) is 5.81. The van der Waals surface area contributed by atoms with Crippen LogP contribution in [0.4, 0.5) is 5.82 Å². The normalized spacial score (nSPS) is 11.9. The van der Waals surface area contributed by atoms with Crippen molar-refractivity contribution in [2.24, 2.45) is 0 Å². The summed E-state index contributed by atoms with van der Waals surface area (Å²) in [5.41, 5.74) is -0.0863. The number of anilines is 1. The van der Waals surface area contributed by atoms with Gasteiger partial charge in [0.1, 0.15) is 5.76 Å². The topological polar surface area (TPSA) is 125 Å². The van der Waals surface area contributed by atoms with E-state index in [1.54, 1.807) is 20.8 Å². The third kappa shape index (κ3) is 3.69. The zero-order chi connectivity index (χ0) is 20.5. The van der Waals surface area contributed by atoms with Gasteiger partial charge in [-0.15, -0.1) is 0 Å². The molecule has 0 radical (unpaired) electrons. The van der Waals surface area contributed by atoms with Gasteiger partial charge in [-0.1, -0.05) is 19.0 Å². The Morgan fingerprint density at radius 3 is 2.54 bits per heavy atom. The van der Waals surface area contributed by atoms with E-state index in [-0.39, 0.29) is 16.3 Å². The Labute approximate surface area is 161 Å². The van der Waals surface area contributed by atoms with Crippen LogP contribution >= 0.6 is 0 Å². The number of hydrogen-bond donors (Lipinski definition) is 2. The lowest BCUT2D eigenvalue weighted by Gasteiger charge is -2.18. The van der Waals surface area contributed by atoms with Crippen molar-refractivity contribution in [3.63, 3.8) is 0 Å². The molecule has 28 heavy (non-hydrogen) atoms. The lowest BCUT2D eigenvalue weighted by Crippen LogP contribution is -2.30. The van der Waals surface area contributed by atoms with Gasteiger partial charge >= 0.3 is 0 Å². The third-order valence-electron chi connectivity index (χ3n) is 4.27. The first-order valence-electron chi connectivity index (χ1n) is 8.68. The van der Waals surface area contributed by atoms with Crippen LogP contribution in [0.1, 0.15) is 30.0 Å². The van der Waals surface area contributed by atoms with Crippen LogP contribution in [0.25, 0.3) is 10.9 Å². The predicted molar refractivity (Wildman–Crippen MR) is 104 cm³/mol. The maximum Gasteiger partial charge on any atom is 0.257 e. The van der Waals surface area contributed by atoms with E-state index in [0.717, 1.165) is 6.07 Å². The largest absolute Gasteiger partial charge is 0.360 e. The summed E-state index contributed by atoms with van der Waals surface area (Å²) in [5, 5.41) is 6.55. The third-order valence-corrected chi connectivity index (χ3v) is 6.32. The van der Waals surface area contributed by atoms with Crippen LogP contribution < -0.4 is 10.9 Å². The van der Waals surface area contributed by atoms with E-state index in [2.05, 4.69) is 15.5 Å². The molecule has 0 saturated carbocycles. The van der Waals surface area contributed by atoms with Crippen molar-refractivity contribution in [2.45, 2.75) is 25.7 Å². The summed E-state index contributed by atoms with van der Waals surface area (Å²) in [4.78, 5) is 27.3. The molecule has 0 atom stereocenters. The van der Waals surface area contributed by atoms with Gasteiger partial charge in [-0.05, 0) is 25.1 Å². The van der Waals surface area contributed by atoms with Gasteiger partial charge in [-0.25, -0.2) is 8.42 Å². The first kappa shape index (κ1) is 19.8. The number of sulfonamides is 1. The molecule has 2 aromatic heterocycles. The van der Waals surface area contributed by atoms with Crippen molar-refractivity contribution in [3.05, 3.63) is 52.0 Å². The summed E-state index contributed by atoms with van der Waals surface area (Å²) >= 11 is 0. The average molecular weight is 404 g/mol. The number of aromatic nitrogens is 2. The molecule has 0 bridgehead atoms. The van der Waals surface area contributed by atoms with Gasteiger partial charge in [-0.2, -0.15) is 4.31 Å². The molecule has 9 nitrogen and oxygen atoms in total. The predicted octanol–water partition coefficient (Wildman–Crippen LogP) is 2.11. The molecule has 0 unspecified atom stereocenters. The van der Waals surface area contributed by atoms with Crippen molar-refractivity contribution in [1.29, 1.82) is 0 Å². The van der Waals surface area contributed by atoms with Crippen LogP contribution in [0.2, 0.25) is 0 Å². The number of H-pyrrole nitrogens is 1. The maximum atomic E-state index is 12.8. The van der Waals surface area contributed by atoms with Gasteiger partial charge in [0, 0.05) is 36.1 Å². The smallest absolute Gasteiger partial charge is 0.257 e. The van der Waals surface area contributed by atoms with Crippen molar-refractivity contribution in [2.75, 3.05) is 18.4 Å². The molecule has 1 amide bonds. The molecule has 0 saturated heterocycles. The molecule has 0 aliphatic heterocycles. The zero-order valence-corrected chi connectivity index (χ0v) is 16.5. The van der Waals surface area contributed by atoms with Crippen molar-refractivity contribution in [3.8, 4) is 0 Å². The van der Waals surface area contributed by atoms with Gasteiger partial charge in [0.15, 0.2) is 5.82 Å². The van der Waals surface area contributed by atoms with Gasteiger partial charge in [0.05, 0.1) is 10.5 Å². The zero-order valence-electron chi connectivity index (χ0n) is 15.6. The van der Waals surface area contributed by atoms with E-state index in [1.165, 1.54) is 28.6 Å². The van der Waals surface area contributed by atoms with E-state index in [4.69, 9.17) is 4.52 Å². The Kier molecular flexibility index (Phi) is 5.34. The first-order chi connectivity index (χ1) is 13.3. The van der Waals surface area contributed by atoms with Crippen LogP contribution in [0, 0.1) is 6.92 Å². The van der Waals surface area contributed by atoms with Crippen molar-refractivity contribution >= 4 is 32.7 Å². The van der Waals surface area contributed by atoms with Crippen LogP contribution in [-0.4, -0.2) is 41.9 Å². The highest BCUT2D eigenvalue weighted by molar-refractivity contribution is 7.89. The van der Waals surface area contributed by atoms with Crippen molar-refractivity contribution < 1.29 is 17.7 Å². The molecule has 3 aromatic rings. The molecule has 148 valence electrons. The van der Waals surface area contributed by atoms with E-state index in [0.29, 0.717) is 29.8 Å². The Bertz CT molecular complexity index is 1190. The maximum absolute atomic E-state index is 12.8. The number of hydrogen-bond acceptors (Lipinski definition) is 6. The molecule has 10 heteroatoms. The molecule has 1 aromatic carbocycles. The standard InChI is InChI=1S/C18H20N4O5S/c1-4-22(5-2)28(25,26)12-6-7-15-13(9-12)14(10-17(23)19-15)18(24)20-16-8-11(3)27-21-16/h6-10H,4-5H2,1-3H3,(H,19,23)(H,20,21,24). The highest BCUT2D eigenvalue weighted by atomic mass is 32.2. The fourth-order valence-electron chi connectivity index (χ4n) is 2.90. The summed E-state index contributed by atoms with van der Waals surface area (Å²) in [6, 6.07) is 6.93. The second-order valence-corrected chi connectivity index (χ2v) is 8.06. The van der Waals surface area contributed by atoms with Gasteiger partial charge < -0.3 is 14.8 Å². The molecule has 0 aliphatic rings. The fourth-order valence-corrected chi connectivity index (χ4v) is 4.39. The number of carbonyl (C=O) groups is 1. The molecule has 0 fully saturated rings. The second-order valence-electron chi connectivity index (χ2n) is 6.12. The lowest BCUT2D eigenvalue weighted by atomic mass is 10.1.